The van der Waals surface area contributed by atoms with Gasteiger partial charge in [-0.05, 0) is 65.7 Å². The van der Waals surface area contributed by atoms with E-state index in [9.17, 15) is 9.59 Å². The zero-order chi connectivity index (χ0) is 37.2. The van der Waals surface area contributed by atoms with Gasteiger partial charge in [0.25, 0.3) is 5.91 Å². The molecule has 53 heavy (non-hydrogen) atoms. The molecule has 1 N–H and O–H groups in total. The summed E-state index contributed by atoms with van der Waals surface area (Å²) in [6.07, 6.45) is 4.75. The number of esters is 1. The standard InChI is InChI=1S/C41H52ClN3O7Si/c1-48-31-24-44(25-31)29-10-13-34-37(22-29)53(3,4)38-23-30(45-26-32(27-45)49-2)11-14-35(38)41(34)36-21-28(9-12-33(36)40(47)52-41)39(46)43-16-18-51-20-19-50-17-8-6-5-7-15-42/h9-14,21-23,31-32H,5-8,15-20,24-27H2,1-4H3,(H,43,46). The molecule has 0 atom stereocenters. The van der Waals surface area contributed by atoms with Crippen LogP contribution in [0, 0.1) is 0 Å². The normalized spacial score (nSPS) is 18.2. The Morgan fingerprint density at radius 3 is 1.96 bits per heavy atom. The van der Waals surface area contributed by atoms with Crippen molar-refractivity contribution in [2.45, 2.75) is 56.6 Å². The maximum Gasteiger partial charge on any atom is 0.340 e. The molecular weight excluding hydrogens is 710 g/mol. The Kier molecular flexibility index (Phi) is 11.5. The summed E-state index contributed by atoms with van der Waals surface area (Å²) in [5.74, 6) is 0.0922. The number of amides is 1. The highest BCUT2D eigenvalue weighted by Crippen LogP contribution is 2.50. The van der Waals surface area contributed by atoms with Crippen LogP contribution < -0.4 is 25.5 Å². The molecule has 2 fully saturated rings. The predicted octanol–water partition coefficient (Wildman–Crippen LogP) is 4.52. The van der Waals surface area contributed by atoms with Gasteiger partial charge in [0.05, 0.1) is 37.6 Å². The zero-order valence-electron chi connectivity index (χ0n) is 31.4. The maximum atomic E-state index is 13.8. The molecule has 0 unspecified atom stereocenters. The van der Waals surface area contributed by atoms with Gasteiger partial charge in [-0.25, -0.2) is 4.79 Å². The number of nitrogens with zero attached hydrogens (tertiary/aromatic N) is 2. The van der Waals surface area contributed by atoms with Crippen molar-refractivity contribution >= 4 is 53.3 Å². The molecule has 2 saturated heterocycles. The lowest BCUT2D eigenvalue weighted by Gasteiger charge is -2.46. The Bertz CT molecular complexity index is 1740. The zero-order valence-corrected chi connectivity index (χ0v) is 33.1. The predicted molar refractivity (Wildman–Crippen MR) is 211 cm³/mol. The summed E-state index contributed by atoms with van der Waals surface area (Å²) >= 11 is 5.73. The third kappa shape index (κ3) is 7.24. The molecule has 4 aliphatic heterocycles. The molecule has 4 heterocycles. The quantitative estimate of drug-likeness (QED) is 0.0923. The number of benzene rings is 3. The molecule has 12 heteroatoms. The Morgan fingerprint density at radius 2 is 1.38 bits per heavy atom. The third-order valence-corrected chi connectivity index (χ3v) is 15.2. The number of rotatable bonds is 17. The van der Waals surface area contributed by atoms with E-state index in [0.717, 1.165) is 74.4 Å². The Balaban J connectivity index is 1.14. The number of ether oxygens (including phenoxy) is 5. The summed E-state index contributed by atoms with van der Waals surface area (Å²) in [7, 11) is 1.18. The van der Waals surface area contributed by atoms with Crippen LogP contribution in [0.2, 0.25) is 13.1 Å². The summed E-state index contributed by atoms with van der Waals surface area (Å²) in [5, 5.41) is 5.44. The lowest BCUT2D eigenvalue weighted by molar-refractivity contribution is 0.0255. The molecule has 10 nitrogen and oxygen atoms in total. The van der Waals surface area contributed by atoms with Gasteiger partial charge in [-0.3, -0.25) is 4.79 Å². The van der Waals surface area contributed by atoms with Crippen LogP contribution in [-0.2, 0) is 29.3 Å². The highest BCUT2D eigenvalue weighted by molar-refractivity contribution is 7.01. The van der Waals surface area contributed by atoms with Crippen LogP contribution in [0.15, 0.2) is 54.6 Å². The number of anilines is 2. The van der Waals surface area contributed by atoms with Gasteiger partial charge in [0.15, 0.2) is 5.60 Å². The molecule has 3 aromatic carbocycles. The topological polar surface area (TPSA) is 98.8 Å². The van der Waals surface area contributed by atoms with Gasteiger partial charge >= 0.3 is 5.97 Å². The fourth-order valence-electron chi connectivity index (χ4n) is 8.11. The van der Waals surface area contributed by atoms with E-state index in [1.807, 2.05) is 6.07 Å². The molecule has 0 aliphatic carbocycles. The monoisotopic (exact) mass is 761 g/mol. The van der Waals surface area contributed by atoms with E-state index in [1.54, 1.807) is 26.4 Å². The summed E-state index contributed by atoms with van der Waals surface area (Å²) < 4.78 is 29.1. The van der Waals surface area contributed by atoms with E-state index in [1.165, 1.54) is 10.4 Å². The van der Waals surface area contributed by atoms with Gasteiger partial charge in [-0.1, -0.05) is 38.1 Å². The number of alkyl halides is 1. The molecule has 7 rings (SSSR count). The highest BCUT2D eigenvalue weighted by atomic mass is 35.5. The van der Waals surface area contributed by atoms with Crippen LogP contribution >= 0.6 is 11.6 Å². The summed E-state index contributed by atoms with van der Waals surface area (Å²) in [6.45, 7) is 10.5. The number of fused-ring (bicyclic) bond motifs is 6. The summed E-state index contributed by atoms with van der Waals surface area (Å²) in [4.78, 5) is 32.0. The van der Waals surface area contributed by atoms with Crippen LogP contribution in [0.25, 0.3) is 0 Å². The molecule has 3 aromatic rings. The number of carbonyl (C=O) groups is 2. The molecular formula is C41H52ClN3O7Si. The van der Waals surface area contributed by atoms with Crippen molar-refractivity contribution in [3.8, 4) is 0 Å². The minimum absolute atomic E-state index is 0.220. The highest BCUT2D eigenvalue weighted by Gasteiger charge is 2.56. The van der Waals surface area contributed by atoms with Crippen molar-refractivity contribution in [3.63, 3.8) is 0 Å². The van der Waals surface area contributed by atoms with Gasteiger partial charge in [-0.2, -0.15) is 0 Å². The molecule has 4 aliphatic rings. The number of nitrogens with one attached hydrogen (secondary N) is 1. The number of carbonyl (C=O) groups excluding carboxylic acids is 2. The van der Waals surface area contributed by atoms with Crippen molar-refractivity contribution in [1.29, 1.82) is 0 Å². The van der Waals surface area contributed by atoms with Gasteiger partial charge in [0.2, 0.25) is 0 Å². The van der Waals surface area contributed by atoms with E-state index in [0.29, 0.717) is 55.5 Å². The molecule has 0 aromatic heterocycles. The van der Waals surface area contributed by atoms with E-state index in [-0.39, 0.29) is 24.1 Å². The molecule has 0 bridgehead atoms. The molecule has 0 saturated carbocycles. The van der Waals surface area contributed by atoms with Crippen LogP contribution in [0.4, 0.5) is 11.4 Å². The minimum atomic E-state index is -2.34. The maximum absolute atomic E-state index is 13.8. The fraction of sp³-hybridized carbons (Fsp3) is 0.512. The van der Waals surface area contributed by atoms with Crippen LogP contribution in [0.3, 0.4) is 0 Å². The van der Waals surface area contributed by atoms with Crippen molar-refractivity contribution in [1.82, 2.24) is 5.32 Å². The number of unbranched alkanes of at least 4 members (excludes halogenated alkanes) is 3. The van der Waals surface area contributed by atoms with Crippen molar-refractivity contribution in [2.75, 3.05) is 89.1 Å². The Hall–Kier alpha value is -3.45. The number of hydrogen-bond donors (Lipinski definition) is 1. The average molecular weight is 762 g/mol. The van der Waals surface area contributed by atoms with Gasteiger partial charge in [-0.15, -0.1) is 11.6 Å². The Labute approximate surface area is 319 Å². The van der Waals surface area contributed by atoms with Gasteiger partial charge in [0.1, 0.15) is 8.07 Å². The average Bonchev–Trinajstić information content (AvgIpc) is 3.42. The smallest absolute Gasteiger partial charge is 0.340 e. The van der Waals surface area contributed by atoms with E-state index in [2.05, 4.69) is 64.6 Å². The number of halogens is 1. The minimum Gasteiger partial charge on any atom is -0.441 e. The fourth-order valence-corrected chi connectivity index (χ4v) is 11.5. The Morgan fingerprint density at radius 1 is 0.792 bits per heavy atom. The molecule has 284 valence electrons. The first kappa shape index (κ1) is 37.8. The lowest BCUT2D eigenvalue weighted by Crippen LogP contribution is -2.64. The second-order valence-electron chi connectivity index (χ2n) is 15.0. The van der Waals surface area contributed by atoms with Crippen molar-refractivity contribution in [3.05, 3.63) is 82.4 Å². The summed E-state index contributed by atoms with van der Waals surface area (Å²) in [5.41, 5.74) is 4.69. The molecule has 1 amide bonds. The second kappa shape index (κ2) is 16.1. The molecule has 1 spiro atoms. The lowest BCUT2D eigenvalue weighted by atomic mass is 9.78. The molecule has 0 radical (unpaired) electrons. The second-order valence-corrected chi connectivity index (χ2v) is 19.7. The van der Waals surface area contributed by atoms with E-state index in [4.69, 9.17) is 35.3 Å². The third-order valence-electron chi connectivity index (χ3n) is 11.4. The SMILES string of the molecule is COC1CN(c2ccc3c(c2)[Si](C)(C)c2cc(N4CC(OC)C4)ccc2C32OC(=O)c3ccc(C(=O)NCCOCCOCCCCCCCl)cc32)C1. The largest absolute Gasteiger partial charge is 0.441 e. The number of hydrogen-bond acceptors (Lipinski definition) is 9. The van der Waals surface area contributed by atoms with E-state index >= 15 is 0 Å². The van der Waals surface area contributed by atoms with Crippen LogP contribution in [-0.4, -0.2) is 111 Å². The first-order valence-corrected chi connectivity index (χ1v) is 22.5. The van der Waals surface area contributed by atoms with Gasteiger partial charge in [0, 0.05) is 93.1 Å². The van der Waals surface area contributed by atoms with Crippen molar-refractivity contribution in [2.24, 2.45) is 0 Å². The van der Waals surface area contributed by atoms with Crippen molar-refractivity contribution < 1.29 is 33.3 Å². The first-order chi connectivity index (χ1) is 25.7. The van der Waals surface area contributed by atoms with Gasteiger partial charge < -0.3 is 38.8 Å². The van der Waals surface area contributed by atoms with E-state index < -0.39 is 13.7 Å². The first-order valence-electron chi connectivity index (χ1n) is 18.9. The summed E-state index contributed by atoms with van der Waals surface area (Å²) in [6, 6.07) is 18.5. The van der Waals surface area contributed by atoms with Crippen LogP contribution in [0.5, 0.6) is 0 Å². The number of methoxy groups -OCH3 is 2. The van der Waals surface area contributed by atoms with Crippen LogP contribution in [0.1, 0.15) is 63.1 Å².